The molecule has 3 aromatic carbocycles. The molecule has 1 aliphatic carbocycles. The van der Waals surface area contributed by atoms with Crippen molar-refractivity contribution in [2.75, 3.05) is 0 Å². The molecule has 0 amide bonds. The molecule has 1 fully saturated rings. The standard InChI is InChI=1S/C29H25NO/c1-21-8-6-10-23(14-21)16-25-18-29(20-30,27-12-4-3-5-13-27)19-26(28(25)31)17-24-11-7-9-22(2)15-24/h3-17H,18-19H2,1-2H3/b25-16+,26-17+. The maximum absolute atomic E-state index is 13.5. The van der Waals surface area contributed by atoms with Crippen LogP contribution in [0.2, 0.25) is 0 Å². The monoisotopic (exact) mass is 403 g/mol. The van der Waals surface area contributed by atoms with Crippen LogP contribution >= 0.6 is 0 Å². The Kier molecular flexibility index (Phi) is 5.69. The van der Waals surface area contributed by atoms with Crippen molar-refractivity contribution < 1.29 is 4.79 Å². The number of carbonyl (C=O) groups excluding carboxylic acids is 1. The predicted molar refractivity (Wildman–Crippen MR) is 126 cm³/mol. The number of carbonyl (C=O) groups is 1. The quantitative estimate of drug-likeness (QED) is 0.463. The van der Waals surface area contributed by atoms with E-state index >= 15 is 0 Å². The van der Waals surface area contributed by atoms with Gasteiger partial charge >= 0.3 is 0 Å². The van der Waals surface area contributed by atoms with Gasteiger partial charge in [0.05, 0.1) is 11.5 Å². The average molecular weight is 404 g/mol. The van der Waals surface area contributed by atoms with Crippen molar-refractivity contribution in [1.29, 1.82) is 5.26 Å². The maximum atomic E-state index is 13.5. The van der Waals surface area contributed by atoms with Crippen molar-refractivity contribution in [3.63, 3.8) is 0 Å². The highest BCUT2D eigenvalue weighted by Gasteiger charge is 2.41. The molecule has 2 nitrogen and oxygen atoms in total. The third-order valence-electron chi connectivity index (χ3n) is 5.87. The Morgan fingerprint density at radius 2 is 1.29 bits per heavy atom. The smallest absolute Gasteiger partial charge is 0.185 e. The van der Waals surface area contributed by atoms with E-state index in [9.17, 15) is 10.1 Å². The topological polar surface area (TPSA) is 40.9 Å². The first kappa shape index (κ1) is 20.6. The molecule has 31 heavy (non-hydrogen) atoms. The van der Waals surface area contributed by atoms with Crippen molar-refractivity contribution in [1.82, 2.24) is 0 Å². The van der Waals surface area contributed by atoms with E-state index in [1.807, 2.05) is 92.7 Å². The molecule has 0 heterocycles. The first-order valence-corrected chi connectivity index (χ1v) is 10.6. The first-order valence-electron chi connectivity index (χ1n) is 10.6. The highest BCUT2D eigenvalue weighted by molar-refractivity contribution is 6.14. The van der Waals surface area contributed by atoms with Crippen LogP contribution in [0.25, 0.3) is 12.2 Å². The first-order chi connectivity index (χ1) is 15.0. The van der Waals surface area contributed by atoms with Crippen LogP contribution in [0.3, 0.4) is 0 Å². The molecular formula is C29H25NO. The SMILES string of the molecule is Cc1cccc(/C=C2\CC(C#N)(c3ccccc3)C/C(=C\c3cccc(C)c3)C2=O)c1. The van der Waals surface area contributed by atoms with E-state index in [-0.39, 0.29) is 5.78 Å². The number of ketones is 1. The summed E-state index contributed by atoms with van der Waals surface area (Å²) in [5.41, 5.74) is 5.81. The van der Waals surface area contributed by atoms with Gasteiger partial charge in [0, 0.05) is 11.1 Å². The van der Waals surface area contributed by atoms with E-state index in [1.54, 1.807) is 0 Å². The molecule has 4 rings (SSSR count). The summed E-state index contributed by atoms with van der Waals surface area (Å²) in [5.74, 6) is 0.0322. The number of Topliss-reactive ketones (excluding diaryl/α,β-unsaturated/α-hetero) is 1. The van der Waals surface area contributed by atoms with E-state index in [0.717, 1.165) is 27.8 Å². The van der Waals surface area contributed by atoms with Gasteiger partial charge in [0.2, 0.25) is 0 Å². The molecule has 0 radical (unpaired) electrons. The van der Waals surface area contributed by atoms with Crippen LogP contribution in [0.15, 0.2) is 90.0 Å². The van der Waals surface area contributed by atoms with E-state index in [4.69, 9.17) is 0 Å². The fourth-order valence-electron chi connectivity index (χ4n) is 4.34. The summed E-state index contributed by atoms with van der Waals surface area (Å²) in [4.78, 5) is 13.5. The van der Waals surface area contributed by atoms with E-state index in [2.05, 4.69) is 18.2 Å². The maximum Gasteiger partial charge on any atom is 0.185 e. The van der Waals surface area contributed by atoms with Crippen molar-refractivity contribution in [3.05, 3.63) is 118 Å². The van der Waals surface area contributed by atoms with Crippen molar-refractivity contribution in [3.8, 4) is 6.07 Å². The van der Waals surface area contributed by atoms with Crippen LogP contribution in [-0.2, 0) is 10.2 Å². The highest BCUT2D eigenvalue weighted by atomic mass is 16.1. The second-order valence-electron chi connectivity index (χ2n) is 8.41. The van der Waals surface area contributed by atoms with Crippen molar-refractivity contribution in [2.45, 2.75) is 32.1 Å². The summed E-state index contributed by atoms with van der Waals surface area (Å²) in [6.07, 6.45) is 4.72. The van der Waals surface area contributed by atoms with Crippen molar-refractivity contribution >= 4 is 17.9 Å². The summed E-state index contributed by atoms with van der Waals surface area (Å²) < 4.78 is 0. The van der Waals surface area contributed by atoms with Crippen LogP contribution in [0, 0.1) is 25.2 Å². The molecule has 0 atom stereocenters. The zero-order valence-corrected chi connectivity index (χ0v) is 17.9. The van der Waals surface area contributed by atoms with Gasteiger partial charge in [-0.25, -0.2) is 0 Å². The summed E-state index contributed by atoms with van der Waals surface area (Å²) in [6, 6.07) is 28.6. The number of hydrogen-bond donors (Lipinski definition) is 0. The van der Waals surface area contributed by atoms with E-state index < -0.39 is 5.41 Å². The third kappa shape index (κ3) is 4.42. The van der Waals surface area contributed by atoms with Gasteiger partial charge in [-0.1, -0.05) is 90.0 Å². The molecule has 0 aromatic heterocycles. The number of rotatable bonds is 3. The van der Waals surface area contributed by atoms with Gasteiger partial charge in [-0.15, -0.1) is 0 Å². The lowest BCUT2D eigenvalue weighted by molar-refractivity contribution is -0.113. The van der Waals surface area contributed by atoms with Gasteiger partial charge in [0.25, 0.3) is 0 Å². The largest absolute Gasteiger partial charge is 0.289 e. The minimum Gasteiger partial charge on any atom is -0.289 e. The summed E-state index contributed by atoms with van der Waals surface area (Å²) in [7, 11) is 0. The molecule has 0 spiro atoms. The number of benzene rings is 3. The predicted octanol–water partition coefficient (Wildman–Crippen LogP) is 6.59. The number of nitrogens with zero attached hydrogens (tertiary/aromatic N) is 1. The number of allylic oxidation sites excluding steroid dienone is 2. The fourth-order valence-corrected chi connectivity index (χ4v) is 4.34. The minimum atomic E-state index is -0.763. The second-order valence-corrected chi connectivity index (χ2v) is 8.41. The Labute approximate surface area is 184 Å². The number of nitriles is 1. The van der Waals surface area contributed by atoms with Gasteiger partial charge in [0.1, 0.15) is 0 Å². The normalized spacial score (nSPS) is 21.3. The molecule has 0 bridgehead atoms. The third-order valence-corrected chi connectivity index (χ3v) is 5.87. The van der Waals surface area contributed by atoms with Crippen molar-refractivity contribution in [2.24, 2.45) is 0 Å². The van der Waals surface area contributed by atoms with Crippen LogP contribution in [0.1, 0.15) is 40.7 Å². The highest BCUT2D eigenvalue weighted by Crippen LogP contribution is 2.43. The molecule has 1 saturated carbocycles. The zero-order chi connectivity index (χ0) is 21.8. The van der Waals surface area contributed by atoms with Gasteiger partial charge in [-0.3, -0.25) is 4.79 Å². The summed E-state index contributed by atoms with van der Waals surface area (Å²) >= 11 is 0. The molecule has 1 aliphatic rings. The number of hydrogen-bond acceptors (Lipinski definition) is 2. The molecule has 0 saturated heterocycles. The molecule has 2 heteroatoms. The van der Waals surface area contributed by atoms with Crippen LogP contribution in [-0.4, -0.2) is 5.78 Å². The summed E-state index contributed by atoms with van der Waals surface area (Å²) in [6.45, 7) is 4.08. The number of aryl methyl sites for hydroxylation is 2. The Bertz CT molecular complexity index is 1160. The fraction of sp³-hybridized carbons (Fsp3) is 0.172. The zero-order valence-electron chi connectivity index (χ0n) is 17.9. The van der Waals surface area contributed by atoms with Crippen LogP contribution < -0.4 is 0 Å². The Hall–Kier alpha value is -3.70. The lowest BCUT2D eigenvalue weighted by Gasteiger charge is -2.33. The average Bonchev–Trinajstić information content (AvgIpc) is 2.77. The van der Waals surface area contributed by atoms with Crippen LogP contribution in [0.5, 0.6) is 0 Å². The van der Waals surface area contributed by atoms with E-state index in [0.29, 0.717) is 24.0 Å². The van der Waals surface area contributed by atoms with Gasteiger partial charge in [0.15, 0.2) is 5.78 Å². The minimum absolute atomic E-state index is 0.0322. The molecule has 3 aromatic rings. The second kappa shape index (κ2) is 8.58. The molecule has 0 unspecified atom stereocenters. The van der Waals surface area contributed by atoms with Crippen LogP contribution in [0.4, 0.5) is 0 Å². The Balaban J connectivity index is 1.86. The lowest BCUT2D eigenvalue weighted by atomic mass is 9.66. The molecule has 152 valence electrons. The van der Waals surface area contributed by atoms with Gasteiger partial charge < -0.3 is 0 Å². The summed E-state index contributed by atoms with van der Waals surface area (Å²) in [5, 5.41) is 10.3. The van der Waals surface area contributed by atoms with Gasteiger partial charge in [-0.05, 0) is 55.5 Å². The lowest BCUT2D eigenvalue weighted by Crippen LogP contribution is -2.33. The Morgan fingerprint density at radius 3 is 1.74 bits per heavy atom. The van der Waals surface area contributed by atoms with Gasteiger partial charge in [-0.2, -0.15) is 5.26 Å². The molecule has 0 N–H and O–H groups in total. The Morgan fingerprint density at radius 1 is 0.774 bits per heavy atom. The van der Waals surface area contributed by atoms with E-state index in [1.165, 1.54) is 0 Å². The molecule has 0 aliphatic heterocycles. The molecular weight excluding hydrogens is 378 g/mol.